The second-order valence-corrected chi connectivity index (χ2v) is 7.31. The topological polar surface area (TPSA) is 0 Å². The van der Waals surface area contributed by atoms with Crippen LogP contribution in [0.1, 0.15) is 31.2 Å². The number of allylic oxidation sites excluding steroid dienone is 1. The first kappa shape index (κ1) is 12.5. The van der Waals surface area contributed by atoms with Crippen molar-refractivity contribution in [1.29, 1.82) is 0 Å². The van der Waals surface area contributed by atoms with Crippen LogP contribution in [0.2, 0.25) is 0 Å². The lowest BCUT2D eigenvalue weighted by Gasteiger charge is -2.33. The van der Waals surface area contributed by atoms with E-state index in [-0.39, 0.29) is 5.82 Å². The van der Waals surface area contributed by atoms with Gasteiger partial charge in [-0.3, -0.25) is 0 Å². The van der Waals surface area contributed by atoms with Crippen molar-refractivity contribution < 1.29 is 4.39 Å². The van der Waals surface area contributed by atoms with Crippen LogP contribution in [0, 0.1) is 5.82 Å². The summed E-state index contributed by atoms with van der Waals surface area (Å²) in [4.78, 5) is 0. The lowest BCUT2D eigenvalue weighted by Crippen LogP contribution is -2.21. The average Bonchev–Trinajstić information content (AvgIpc) is 2.47. The minimum Gasteiger partial charge on any atom is -0.206 e. The lowest BCUT2D eigenvalue weighted by molar-refractivity contribution is 0.629. The maximum absolute atomic E-state index is 13.9. The van der Waals surface area contributed by atoms with Gasteiger partial charge in [0.25, 0.3) is 0 Å². The summed E-state index contributed by atoms with van der Waals surface area (Å²) >= 11 is 2.13. The first-order valence-corrected chi connectivity index (χ1v) is 8.29. The van der Waals surface area contributed by atoms with Crippen molar-refractivity contribution in [2.24, 2.45) is 0 Å². The van der Waals surface area contributed by atoms with Gasteiger partial charge in [0.1, 0.15) is 5.82 Å². The van der Waals surface area contributed by atoms with E-state index in [0.717, 1.165) is 22.4 Å². The summed E-state index contributed by atoms with van der Waals surface area (Å²) in [7, 11) is 0. The molecule has 1 saturated heterocycles. The molecule has 0 aliphatic carbocycles. The molecule has 4 rings (SSSR count). The van der Waals surface area contributed by atoms with Crippen LogP contribution >= 0.6 is 11.8 Å². The van der Waals surface area contributed by atoms with E-state index in [1.165, 1.54) is 30.4 Å². The third-order valence-electron chi connectivity index (χ3n) is 4.43. The van der Waals surface area contributed by atoms with Crippen molar-refractivity contribution in [3.05, 3.63) is 53.9 Å². The number of thioether (sulfide) groups is 1. The molecule has 20 heavy (non-hydrogen) atoms. The van der Waals surface area contributed by atoms with Crippen LogP contribution in [0.4, 0.5) is 4.39 Å². The Balaban J connectivity index is 1.86. The molecule has 0 nitrogen and oxygen atoms in total. The van der Waals surface area contributed by atoms with Crippen LogP contribution < -0.4 is 0 Å². The minimum absolute atomic E-state index is 0.115. The molecule has 2 atom stereocenters. The van der Waals surface area contributed by atoms with E-state index in [2.05, 4.69) is 17.8 Å². The van der Waals surface area contributed by atoms with E-state index in [1.54, 1.807) is 6.07 Å². The fourth-order valence-electron chi connectivity index (χ4n) is 3.48. The Kier molecular flexibility index (Phi) is 3.07. The van der Waals surface area contributed by atoms with Crippen molar-refractivity contribution in [2.45, 2.75) is 36.2 Å². The Morgan fingerprint density at radius 2 is 1.85 bits per heavy atom. The molecule has 2 aromatic carbocycles. The van der Waals surface area contributed by atoms with E-state index in [1.807, 2.05) is 30.3 Å². The van der Waals surface area contributed by atoms with Gasteiger partial charge in [0, 0.05) is 15.9 Å². The zero-order valence-electron chi connectivity index (χ0n) is 11.3. The van der Waals surface area contributed by atoms with Crippen molar-refractivity contribution >= 4 is 28.1 Å². The summed E-state index contributed by atoms with van der Waals surface area (Å²) in [5.41, 5.74) is 2.66. The second kappa shape index (κ2) is 4.92. The van der Waals surface area contributed by atoms with E-state index in [9.17, 15) is 4.39 Å². The molecule has 102 valence electrons. The molecule has 2 aromatic rings. The number of hydrogen-bond acceptors (Lipinski definition) is 1. The van der Waals surface area contributed by atoms with Gasteiger partial charge in [0.15, 0.2) is 0 Å². The lowest BCUT2D eigenvalue weighted by atomic mass is 9.90. The monoisotopic (exact) mass is 284 g/mol. The highest BCUT2D eigenvalue weighted by Gasteiger charge is 2.27. The standard InChI is InChI=1S/C18H17FS/c19-18-9-8-15(16-6-1-2-7-17(16)18)12-10-13-4-3-5-14(11-12)20-13/h1-2,6-10,13-14H,3-5,11H2. The third kappa shape index (κ3) is 2.07. The van der Waals surface area contributed by atoms with Crippen LogP contribution in [0.5, 0.6) is 0 Å². The van der Waals surface area contributed by atoms with Gasteiger partial charge in [0.05, 0.1) is 0 Å². The van der Waals surface area contributed by atoms with Crippen LogP contribution in [-0.2, 0) is 0 Å². The molecule has 2 aliphatic heterocycles. The Bertz CT molecular complexity index is 689. The Morgan fingerprint density at radius 1 is 1.00 bits per heavy atom. The zero-order valence-corrected chi connectivity index (χ0v) is 12.1. The predicted molar refractivity (Wildman–Crippen MR) is 85.5 cm³/mol. The highest BCUT2D eigenvalue weighted by atomic mass is 32.2. The van der Waals surface area contributed by atoms with Crippen LogP contribution in [0.15, 0.2) is 42.5 Å². The summed E-state index contributed by atoms with van der Waals surface area (Å²) in [6.45, 7) is 0. The van der Waals surface area contributed by atoms with Gasteiger partial charge in [-0.05, 0) is 41.9 Å². The Hall–Kier alpha value is -1.28. The normalized spacial score (nSPS) is 25.6. The fraction of sp³-hybridized carbons (Fsp3) is 0.333. The SMILES string of the molecule is Fc1ccc(C2=CC3CCCC(C2)S3)c2ccccc12. The summed E-state index contributed by atoms with van der Waals surface area (Å²) in [5.74, 6) is -0.115. The molecule has 2 heteroatoms. The molecule has 0 aromatic heterocycles. The largest absolute Gasteiger partial charge is 0.206 e. The van der Waals surface area contributed by atoms with E-state index in [0.29, 0.717) is 5.25 Å². The highest BCUT2D eigenvalue weighted by Crippen LogP contribution is 2.44. The predicted octanol–water partition coefficient (Wildman–Crippen LogP) is 5.42. The summed E-state index contributed by atoms with van der Waals surface area (Å²) < 4.78 is 13.9. The molecular formula is C18H17FS. The molecule has 2 bridgehead atoms. The summed E-state index contributed by atoms with van der Waals surface area (Å²) in [6.07, 6.45) is 7.55. The van der Waals surface area contributed by atoms with Gasteiger partial charge >= 0.3 is 0 Å². The molecule has 0 spiro atoms. The number of fused-ring (bicyclic) bond motifs is 3. The van der Waals surface area contributed by atoms with Gasteiger partial charge in [0.2, 0.25) is 0 Å². The van der Waals surface area contributed by atoms with E-state index in [4.69, 9.17) is 0 Å². The van der Waals surface area contributed by atoms with Gasteiger partial charge < -0.3 is 0 Å². The maximum atomic E-state index is 13.9. The highest BCUT2D eigenvalue weighted by molar-refractivity contribution is 8.00. The molecule has 2 unspecified atom stereocenters. The quantitative estimate of drug-likeness (QED) is 0.673. The third-order valence-corrected chi connectivity index (χ3v) is 5.94. The average molecular weight is 284 g/mol. The van der Waals surface area contributed by atoms with Crippen molar-refractivity contribution in [3.8, 4) is 0 Å². The summed E-state index contributed by atoms with van der Waals surface area (Å²) in [6, 6.07) is 11.4. The van der Waals surface area contributed by atoms with Gasteiger partial charge in [-0.2, -0.15) is 11.8 Å². The molecule has 0 N–H and O–H groups in total. The number of rotatable bonds is 1. The molecule has 1 fully saturated rings. The molecule has 0 amide bonds. The van der Waals surface area contributed by atoms with E-state index < -0.39 is 0 Å². The number of hydrogen-bond donors (Lipinski definition) is 0. The zero-order chi connectivity index (χ0) is 13.5. The minimum atomic E-state index is -0.115. The van der Waals surface area contributed by atoms with Crippen LogP contribution in [-0.4, -0.2) is 10.5 Å². The first-order valence-electron chi connectivity index (χ1n) is 7.35. The Morgan fingerprint density at radius 3 is 2.70 bits per heavy atom. The Labute approximate surface area is 123 Å². The van der Waals surface area contributed by atoms with Gasteiger partial charge in [-0.15, -0.1) is 0 Å². The maximum Gasteiger partial charge on any atom is 0.131 e. The molecule has 0 saturated carbocycles. The van der Waals surface area contributed by atoms with E-state index >= 15 is 0 Å². The molecular weight excluding hydrogens is 267 g/mol. The summed E-state index contributed by atoms with van der Waals surface area (Å²) in [5, 5.41) is 3.23. The molecule has 2 aliphatic rings. The molecule has 2 heterocycles. The van der Waals surface area contributed by atoms with Gasteiger partial charge in [-0.1, -0.05) is 42.8 Å². The first-order chi connectivity index (χ1) is 9.81. The van der Waals surface area contributed by atoms with Crippen molar-refractivity contribution in [2.75, 3.05) is 0 Å². The van der Waals surface area contributed by atoms with Crippen LogP contribution in [0.3, 0.4) is 0 Å². The fourth-order valence-corrected chi connectivity index (χ4v) is 5.10. The van der Waals surface area contributed by atoms with Crippen molar-refractivity contribution in [1.82, 2.24) is 0 Å². The van der Waals surface area contributed by atoms with Crippen molar-refractivity contribution in [3.63, 3.8) is 0 Å². The van der Waals surface area contributed by atoms with Crippen LogP contribution in [0.25, 0.3) is 16.3 Å². The van der Waals surface area contributed by atoms with Gasteiger partial charge in [-0.25, -0.2) is 4.39 Å². The smallest absolute Gasteiger partial charge is 0.131 e. The number of halogens is 1. The number of benzene rings is 2. The molecule has 0 radical (unpaired) electrons. The second-order valence-electron chi connectivity index (χ2n) is 5.76.